The first-order valence-electron chi connectivity index (χ1n) is 8.32. The van der Waals surface area contributed by atoms with Crippen LogP contribution in [0.25, 0.3) is 0 Å². The van der Waals surface area contributed by atoms with E-state index in [4.69, 9.17) is 11.2 Å². The van der Waals surface area contributed by atoms with Crippen LogP contribution in [0.2, 0.25) is 0 Å². The van der Waals surface area contributed by atoms with Crippen LogP contribution in [0.4, 0.5) is 0 Å². The van der Waals surface area contributed by atoms with E-state index < -0.39 is 0 Å². The molecule has 1 amide bonds. The van der Waals surface area contributed by atoms with Crippen LogP contribution in [-0.2, 0) is 11.2 Å². The van der Waals surface area contributed by atoms with Crippen LogP contribution >= 0.6 is 0 Å². The summed E-state index contributed by atoms with van der Waals surface area (Å²) in [6.07, 6.45) is 9.36. The van der Waals surface area contributed by atoms with Gasteiger partial charge in [-0.05, 0) is 43.4 Å². The first-order valence-corrected chi connectivity index (χ1v) is 8.32. The number of aromatic nitrogens is 2. The van der Waals surface area contributed by atoms with Gasteiger partial charge in [0.25, 0.3) is 5.91 Å². The average Bonchev–Trinajstić information content (AvgIpc) is 3.07. The van der Waals surface area contributed by atoms with Crippen LogP contribution in [0.1, 0.15) is 58.8 Å². The zero-order chi connectivity index (χ0) is 16.5. The Morgan fingerprint density at radius 3 is 3.00 bits per heavy atom. The van der Waals surface area contributed by atoms with Gasteiger partial charge in [0.15, 0.2) is 6.23 Å². The molecule has 24 heavy (non-hydrogen) atoms. The van der Waals surface area contributed by atoms with Gasteiger partial charge in [-0.1, -0.05) is 24.1 Å². The Hall–Kier alpha value is -2.58. The predicted molar refractivity (Wildman–Crippen MR) is 89.4 cm³/mol. The minimum Gasteiger partial charge on any atom is -0.356 e. The molecule has 1 saturated heterocycles. The van der Waals surface area contributed by atoms with Crippen LogP contribution < -0.4 is 5.32 Å². The molecule has 1 aromatic carbocycles. The molecule has 0 aliphatic carbocycles. The summed E-state index contributed by atoms with van der Waals surface area (Å²) in [7, 11) is 0. The topological polar surface area (TPSA) is 56.2 Å². The zero-order valence-corrected chi connectivity index (χ0v) is 13.4. The van der Waals surface area contributed by atoms with Gasteiger partial charge in [0.2, 0.25) is 0 Å². The third-order valence-electron chi connectivity index (χ3n) is 4.68. The summed E-state index contributed by atoms with van der Waals surface area (Å²) >= 11 is 0. The highest BCUT2D eigenvalue weighted by Gasteiger charge is 2.28. The van der Waals surface area contributed by atoms with E-state index in [9.17, 15) is 4.79 Å². The van der Waals surface area contributed by atoms with Gasteiger partial charge in [0.05, 0.1) is 11.7 Å². The predicted octanol–water partition coefficient (Wildman–Crippen LogP) is 2.59. The minimum absolute atomic E-state index is 0.0624. The Morgan fingerprint density at radius 1 is 1.33 bits per heavy atom. The second-order valence-corrected chi connectivity index (χ2v) is 6.25. The number of benzene rings is 1. The van der Waals surface area contributed by atoms with Crippen molar-refractivity contribution in [2.75, 3.05) is 6.61 Å². The molecular formula is C19H19N3O2. The zero-order valence-electron chi connectivity index (χ0n) is 13.4. The standard InChI is InChI=1S/C19H19N3O2/c1-2-14-12-17(21-22(14)18-9-5-6-10-24-18)16-11-13-7-3-4-8-15(13)19(23)20-16/h1,3-4,7-8,12,16,18H,5-6,9-11H2,(H,20,23). The minimum atomic E-state index is -0.163. The van der Waals surface area contributed by atoms with Crippen molar-refractivity contribution >= 4 is 5.91 Å². The first-order chi connectivity index (χ1) is 11.8. The van der Waals surface area contributed by atoms with E-state index in [0.717, 1.165) is 42.7 Å². The molecule has 4 rings (SSSR count). The fraction of sp³-hybridized carbons (Fsp3) is 0.368. The number of ether oxygens (including phenoxy) is 1. The quantitative estimate of drug-likeness (QED) is 0.865. The van der Waals surface area contributed by atoms with E-state index in [-0.39, 0.29) is 18.2 Å². The largest absolute Gasteiger partial charge is 0.356 e. The number of nitrogens with one attached hydrogen (secondary N) is 1. The van der Waals surface area contributed by atoms with Crippen molar-refractivity contribution in [3.8, 4) is 12.3 Å². The van der Waals surface area contributed by atoms with Crippen molar-refractivity contribution in [3.63, 3.8) is 0 Å². The smallest absolute Gasteiger partial charge is 0.252 e. The fourth-order valence-electron chi connectivity index (χ4n) is 3.43. The van der Waals surface area contributed by atoms with E-state index >= 15 is 0 Å². The van der Waals surface area contributed by atoms with E-state index in [2.05, 4.69) is 16.3 Å². The summed E-state index contributed by atoms with van der Waals surface area (Å²) in [6, 6.07) is 9.40. The Labute approximate surface area is 141 Å². The maximum Gasteiger partial charge on any atom is 0.252 e. The first kappa shape index (κ1) is 15.0. The second-order valence-electron chi connectivity index (χ2n) is 6.25. The second kappa shape index (κ2) is 6.14. The lowest BCUT2D eigenvalue weighted by Crippen LogP contribution is -2.35. The number of rotatable bonds is 2. The third-order valence-corrected chi connectivity index (χ3v) is 4.68. The van der Waals surface area contributed by atoms with Crippen molar-refractivity contribution < 1.29 is 9.53 Å². The molecule has 3 heterocycles. The molecule has 2 atom stereocenters. The van der Waals surface area contributed by atoms with Crippen LogP contribution in [0.3, 0.4) is 0 Å². The Kier molecular flexibility index (Phi) is 3.83. The SMILES string of the molecule is C#Cc1cc(C2Cc3ccccc3C(=O)N2)nn1C1CCCCO1. The number of amides is 1. The summed E-state index contributed by atoms with van der Waals surface area (Å²) in [4.78, 5) is 12.3. The maximum atomic E-state index is 12.3. The number of hydrogen-bond donors (Lipinski definition) is 1. The van der Waals surface area contributed by atoms with Crippen LogP contribution in [0.5, 0.6) is 0 Å². The number of hydrogen-bond acceptors (Lipinski definition) is 3. The molecule has 2 aliphatic heterocycles. The van der Waals surface area contributed by atoms with E-state index in [0.29, 0.717) is 12.1 Å². The molecule has 1 fully saturated rings. The van der Waals surface area contributed by atoms with Gasteiger partial charge in [-0.15, -0.1) is 6.42 Å². The molecule has 2 aliphatic rings. The number of fused-ring (bicyclic) bond motifs is 1. The lowest BCUT2D eigenvalue weighted by atomic mass is 9.94. The number of terminal acetylenes is 1. The molecule has 0 saturated carbocycles. The molecule has 0 radical (unpaired) electrons. The molecule has 2 aromatic rings. The molecule has 1 N–H and O–H groups in total. The summed E-state index contributed by atoms with van der Waals surface area (Å²) < 4.78 is 7.59. The summed E-state index contributed by atoms with van der Waals surface area (Å²) in [5, 5.41) is 7.70. The molecule has 5 nitrogen and oxygen atoms in total. The lowest BCUT2D eigenvalue weighted by molar-refractivity contribution is -0.0402. The van der Waals surface area contributed by atoms with E-state index in [1.54, 1.807) is 4.68 Å². The third kappa shape index (κ3) is 2.59. The molecule has 1 aromatic heterocycles. The summed E-state index contributed by atoms with van der Waals surface area (Å²) in [5.74, 6) is 2.63. The fourth-order valence-corrected chi connectivity index (χ4v) is 3.43. The molecule has 122 valence electrons. The molecule has 0 spiro atoms. The van der Waals surface area contributed by atoms with Crippen molar-refractivity contribution in [1.82, 2.24) is 15.1 Å². The maximum absolute atomic E-state index is 12.3. The Morgan fingerprint density at radius 2 is 2.21 bits per heavy atom. The van der Waals surface area contributed by atoms with Crippen LogP contribution in [0, 0.1) is 12.3 Å². The van der Waals surface area contributed by atoms with E-state index in [1.165, 1.54) is 0 Å². The van der Waals surface area contributed by atoms with Crippen LogP contribution in [-0.4, -0.2) is 22.3 Å². The van der Waals surface area contributed by atoms with Crippen molar-refractivity contribution in [2.45, 2.75) is 38.0 Å². The highest BCUT2D eigenvalue weighted by Crippen LogP contribution is 2.28. The average molecular weight is 321 g/mol. The molecule has 5 heteroatoms. The molecular weight excluding hydrogens is 302 g/mol. The summed E-state index contributed by atoms with van der Waals surface area (Å²) in [6.45, 7) is 0.734. The van der Waals surface area contributed by atoms with Gasteiger partial charge >= 0.3 is 0 Å². The summed E-state index contributed by atoms with van der Waals surface area (Å²) in [5.41, 5.74) is 3.27. The molecule has 0 bridgehead atoms. The Balaban J connectivity index is 1.65. The van der Waals surface area contributed by atoms with Gasteiger partial charge in [-0.25, -0.2) is 4.68 Å². The number of carbonyl (C=O) groups excluding carboxylic acids is 1. The van der Waals surface area contributed by atoms with Gasteiger partial charge in [-0.2, -0.15) is 5.10 Å². The number of carbonyl (C=O) groups is 1. The lowest BCUT2D eigenvalue weighted by Gasteiger charge is -2.25. The molecule has 2 unspecified atom stereocenters. The van der Waals surface area contributed by atoms with E-state index in [1.807, 2.05) is 30.3 Å². The van der Waals surface area contributed by atoms with Gasteiger partial charge in [0, 0.05) is 12.2 Å². The van der Waals surface area contributed by atoms with Gasteiger partial charge in [0.1, 0.15) is 5.69 Å². The monoisotopic (exact) mass is 321 g/mol. The normalized spacial score (nSPS) is 23.2. The van der Waals surface area contributed by atoms with Gasteiger partial charge in [-0.3, -0.25) is 4.79 Å². The van der Waals surface area contributed by atoms with Crippen LogP contribution in [0.15, 0.2) is 30.3 Å². The highest BCUT2D eigenvalue weighted by molar-refractivity contribution is 5.97. The van der Waals surface area contributed by atoms with Gasteiger partial charge < -0.3 is 10.1 Å². The van der Waals surface area contributed by atoms with Crippen molar-refractivity contribution in [2.24, 2.45) is 0 Å². The van der Waals surface area contributed by atoms with Crippen molar-refractivity contribution in [1.29, 1.82) is 0 Å². The number of nitrogens with zero attached hydrogens (tertiary/aromatic N) is 2. The highest BCUT2D eigenvalue weighted by atomic mass is 16.5. The Bertz CT molecular complexity index is 812. The van der Waals surface area contributed by atoms with Crippen molar-refractivity contribution in [3.05, 3.63) is 52.8 Å².